The number of allylic oxidation sites excluding steroid dienone is 2. The molecule has 0 aliphatic heterocycles. The van der Waals surface area contributed by atoms with Crippen LogP contribution in [0.5, 0.6) is 0 Å². The highest BCUT2D eigenvalue weighted by atomic mass is 16.1. The van der Waals surface area contributed by atoms with E-state index < -0.39 is 0 Å². The molecule has 1 aromatic rings. The van der Waals surface area contributed by atoms with Crippen molar-refractivity contribution in [3.05, 3.63) is 29.2 Å². The van der Waals surface area contributed by atoms with Crippen molar-refractivity contribution < 1.29 is 4.79 Å². The van der Waals surface area contributed by atoms with Gasteiger partial charge < -0.3 is 9.88 Å². The molecule has 0 spiro atoms. The first-order valence-corrected chi connectivity index (χ1v) is 7.59. The van der Waals surface area contributed by atoms with Crippen molar-refractivity contribution in [3.63, 3.8) is 0 Å². The molecule has 0 radical (unpaired) electrons. The summed E-state index contributed by atoms with van der Waals surface area (Å²) in [6.07, 6.45) is 4.97. The average molecular weight is 296 g/mol. The van der Waals surface area contributed by atoms with Crippen molar-refractivity contribution in [2.45, 2.75) is 46.0 Å². The minimum atomic E-state index is -0.147. The number of aryl methyl sites for hydroxylation is 2. The minimum absolute atomic E-state index is 0.0282. The molecule has 1 amide bonds. The van der Waals surface area contributed by atoms with Gasteiger partial charge in [0.1, 0.15) is 12.1 Å². The monoisotopic (exact) mass is 296 g/mol. The van der Waals surface area contributed by atoms with Crippen LogP contribution in [0.15, 0.2) is 17.8 Å². The van der Waals surface area contributed by atoms with E-state index in [4.69, 9.17) is 0 Å². The molecule has 5 nitrogen and oxygen atoms in total. The van der Waals surface area contributed by atoms with Crippen LogP contribution in [0.25, 0.3) is 5.70 Å². The van der Waals surface area contributed by atoms with Gasteiger partial charge in [-0.25, -0.2) is 0 Å². The first-order valence-electron chi connectivity index (χ1n) is 7.59. The van der Waals surface area contributed by atoms with Gasteiger partial charge in [0.2, 0.25) is 5.91 Å². The van der Waals surface area contributed by atoms with Crippen LogP contribution in [0.3, 0.4) is 0 Å². The second-order valence-corrected chi connectivity index (χ2v) is 5.72. The molecule has 0 atom stereocenters. The predicted octanol–water partition coefficient (Wildman–Crippen LogP) is 3.02. The molecule has 0 unspecified atom stereocenters. The maximum absolute atomic E-state index is 12.3. The van der Waals surface area contributed by atoms with E-state index in [1.807, 2.05) is 32.0 Å². The lowest BCUT2D eigenvalue weighted by Crippen LogP contribution is -2.32. The van der Waals surface area contributed by atoms with Crippen LogP contribution in [0.1, 0.15) is 43.5 Å². The molecule has 0 bridgehead atoms. The molecule has 0 aromatic carbocycles. The third-order valence-corrected chi connectivity index (χ3v) is 4.17. The Balaban J connectivity index is 2.30. The van der Waals surface area contributed by atoms with Crippen molar-refractivity contribution in [3.8, 4) is 12.1 Å². The van der Waals surface area contributed by atoms with E-state index in [2.05, 4.69) is 11.4 Å². The summed E-state index contributed by atoms with van der Waals surface area (Å²) in [6, 6.07) is 7.78. The van der Waals surface area contributed by atoms with Crippen LogP contribution >= 0.6 is 0 Å². The summed E-state index contributed by atoms with van der Waals surface area (Å²) in [5.74, 6) is -0.199. The fourth-order valence-corrected chi connectivity index (χ4v) is 2.97. The second-order valence-electron chi connectivity index (χ2n) is 5.72. The number of amides is 1. The van der Waals surface area contributed by atoms with Gasteiger partial charge in [0, 0.05) is 17.3 Å². The number of rotatable bonds is 3. The van der Waals surface area contributed by atoms with Gasteiger partial charge in [-0.15, -0.1) is 0 Å². The third-order valence-electron chi connectivity index (χ3n) is 4.17. The molecule has 1 aliphatic carbocycles. The number of nitrogens with one attached hydrogen (secondary N) is 1. The summed E-state index contributed by atoms with van der Waals surface area (Å²) in [5.41, 5.74) is 1.91. The summed E-state index contributed by atoms with van der Waals surface area (Å²) < 4.78 is 1.69. The molecular weight excluding hydrogens is 276 g/mol. The van der Waals surface area contributed by atoms with E-state index in [-0.39, 0.29) is 23.2 Å². The van der Waals surface area contributed by atoms with Crippen molar-refractivity contribution in [2.75, 3.05) is 0 Å². The molecule has 1 saturated carbocycles. The van der Waals surface area contributed by atoms with Gasteiger partial charge >= 0.3 is 0 Å². The molecule has 0 saturated heterocycles. The van der Waals surface area contributed by atoms with Crippen LogP contribution in [0, 0.1) is 42.4 Å². The summed E-state index contributed by atoms with van der Waals surface area (Å²) in [7, 11) is 0. The highest BCUT2D eigenvalue weighted by molar-refractivity contribution is 5.84. The first kappa shape index (κ1) is 15.9. The van der Waals surface area contributed by atoms with Gasteiger partial charge in [-0.2, -0.15) is 10.5 Å². The largest absolute Gasteiger partial charge is 0.315 e. The summed E-state index contributed by atoms with van der Waals surface area (Å²) in [6.45, 7) is 3.73. The second kappa shape index (κ2) is 6.95. The fraction of sp³-hybridized carbons (Fsp3) is 0.471. The highest BCUT2D eigenvalue weighted by Crippen LogP contribution is 2.24. The van der Waals surface area contributed by atoms with Crippen LogP contribution in [0.4, 0.5) is 0 Å². The number of carbonyl (C=O) groups excluding carboxylic acids is 1. The molecule has 1 N–H and O–H groups in total. The predicted molar refractivity (Wildman–Crippen MR) is 83.1 cm³/mol. The van der Waals surface area contributed by atoms with Crippen LogP contribution in [0.2, 0.25) is 0 Å². The van der Waals surface area contributed by atoms with Crippen molar-refractivity contribution in [1.29, 1.82) is 10.5 Å². The number of hydrogen-bond donors (Lipinski definition) is 1. The third kappa shape index (κ3) is 3.20. The van der Waals surface area contributed by atoms with Crippen molar-refractivity contribution in [2.24, 2.45) is 5.92 Å². The van der Waals surface area contributed by atoms with E-state index >= 15 is 0 Å². The average Bonchev–Trinajstić information content (AvgIpc) is 2.87. The number of aromatic nitrogens is 1. The summed E-state index contributed by atoms with van der Waals surface area (Å²) in [5, 5.41) is 21.5. The standard InChI is InChI=1S/C17H20N4O/c1-12-8-9-13(2)21(12)16(11-19)15(10-18)20-17(22)14-6-4-3-5-7-14/h8-9,14H,3-7H2,1-2H3,(H,20,22). The summed E-state index contributed by atoms with van der Waals surface area (Å²) >= 11 is 0. The van der Waals surface area contributed by atoms with Gasteiger partial charge in [-0.1, -0.05) is 19.3 Å². The Morgan fingerprint density at radius 2 is 1.73 bits per heavy atom. The number of nitrogens with zero attached hydrogens (tertiary/aromatic N) is 3. The van der Waals surface area contributed by atoms with Gasteiger partial charge in [-0.05, 0) is 38.8 Å². The maximum Gasteiger partial charge on any atom is 0.228 e. The van der Waals surface area contributed by atoms with E-state index in [9.17, 15) is 15.3 Å². The van der Waals surface area contributed by atoms with Gasteiger partial charge in [0.15, 0.2) is 11.4 Å². The van der Waals surface area contributed by atoms with Crippen LogP contribution in [-0.4, -0.2) is 10.5 Å². The van der Waals surface area contributed by atoms with Crippen LogP contribution in [-0.2, 0) is 4.79 Å². The first-order chi connectivity index (χ1) is 10.6. The van der Waals surface area contributed by atoms with Crippen molar-refractivity contribution in [1.82, 2.24) is 9.88 Å². The van der Waals surface area contributed by atoms with Gasteiger partial charge in [-0.3, -0.25) is 4.79 Å². The van der Waals surface area contributed by atoms with Crippen molar-refractivity contribution >= 4 is 11.6 Å². The lowest BCUT2D eigenvalue weighted by molar-refractivity contribution is -0.125. The number of hydrogen-bond acceptors (Lipinski definition) is 3. The Morgan fingerprint density at radius 1 is 1.14 bits per heavy atom. The van der Waals surface area contributed by atoms with E-state index in [0.717, 1.165) is 43.5 Å². The molecule has 114 valence electrons. The molecule has 22 heavy (non-hydrogen) atoms. The Labute approximate surface area is 130 Å². The van der Waals surface area contributed by atoms with E-state index in [1.165, 1.54) is 0 Å². The number of nitriles is 2. The minimum Gasteiger partial charge on any atom is -0.315 e. The Morgan fingerprint density at radius 3 is 2.23 bits per heavy atom. The number of carbonyl (C=O) groups is 1. The quantitative estimate of drug-likeness (QED) is 0.870. The zero-order valence-electron chi connectivity index (χ0n) is 13.0. The Kier molecular flexibility index (Phi) is 5.01. The molecule has 2 rings (SSSR count). The van der Waals surface area contributed by atoms with Gasteiger partial charge in [0.05, 0.1) is 0 Å². The van der Waals surface area contributed by atoms with Crippen LogP contribution < -0.4 is 5.32 Å². The highest BCUT2D eigenvalue weighted by Gasteiger charge is 2.23. The van der Waals surface area contributed by atoms with E-state index in [1.54, 1.807) is 4.57 Å². The molecule has 1 fully saturated rings. The fourth-order valence-electron chi connectivity index (χ4n) is 2.97. The Hall–Kier alpha value is -2.53. The Bertz CT molecular complexity index is 659. The molecule has 1 aromatic heterocycles. The lowest BCUT2D eigenvalue weighted by atomic mass is 9.88. The smallest absolute Gasteiger partial charge is 0.228 e. The molecule has 1 heterocycles. The molecule has 1 aliphatic rings. The van der Waals surface area contributed by atoms with Gasteiger partial charge in [0.25, 0.3) is 0 Å². The maximum atomic E-state index is 12.3. The normalized spacial score (nSPS) is 16.4. The lowest BCUT2D eigenvalue weighted by Gasteiger charge is -2.21. The molecule has 5 heteroatoms. The molecular formula is C17H20N4O. The topological polar surface area (TPSA) is 81.6 Å². The van der Waals surface area contributed by atoms with E-state index in [0.29, 0.717) is 0 Å². The zero-order valence-corrected chi connectivity index (χ0v) is 13.0. The summed E-state index contributed by atoms with van der Waals surface area (Å²) in [4.78, 5) is 12.3. The SMILES string of the molecule is Cc1ccc(C)n1C(C#N)=C(C#N)NC(=O)C1CCCCC1. The zero-order chi connectivity index (χ0) is 16.1.